The molecule has 0 aromatic rings. The second-order valence-corrected chi connectivity index (χ2v) is 3.47. The molecule has 2 nitrogen and oxygen atoms in total. The van der Waals surface area contributed by atoms with Crippen molar-refractivity contribution in [3.8, 4) is 0 Å². The third-order valence-corrected chi connectivity index (χ3v) is 2.07. The summed E-state index contributed by atoms with van der Waals surface area (Å²) in [7, 11) is 0. The third-order valence-electron chi connectivity index (χ3n) is 2.07. The zero-order valence-electron chi connectivity index (χ0n) is 6.55. The van der Waals surface area contributed by atoms with Gasteiger partial charge in [-0.1, -0.05) is 13.8 Å². The topological polar surface area (TPSA) is 13.6 Å². The van der Waals surface area contributed by atoms with Crippen molar-refractivity contribution in [2.24, 2.45) is 5.41 Å². The molecule has 0 spiro atoms. The van der Waals surface area contributed by atoms with Gasteiger partial charge in [0.25, 0.3) is 0 Å². The van der Waals surface area contributed by atoms with Crippen molar-refractivity contribution in [3.05, 3.63) is 11.4 Å². The molecule has 1 atom stereocenters. The van der Waals surface area contributed by atoms with Crippen molar-refractivity contribution in [3.63, 3.8) is 0 Å². The number of ether oxygens (including phenoxy) is 1. The summed E-state index contributed by atoms with van der Waals surface area (Å²) in [6.07, 6.45) is 0.899. The number of hydrogen-bond acceptors (Lipinski definition) is 1. The highest BCUT2D eigenvalue weighted by Gasteiger charge is 2.37. The van der Waals surface area contributed by atoms with E-state index in [4.69, 9.17) is 11.3 Å². The molecule has 0 aliphatic carbocycles. The molecule has 0 aromatic carbocycles. The molecule has 0 saturated carbocycles. The van der Waals surface area contributed by atoms with Crippen LogP contribution in [0.25, 0.3) is 4.85 Å². The van der Waals surface area contributed by atoms with Crippen LogP contribution in [0, 0.1) is 12.0 Å². The Morgan fingerprint density at radius 3 is 2.70 bits per heavy atom. The van der Waals surface area contributed by atoms with E-state index in [1.807, 2.05) is 0 Å². The van der Waals surface area contributed by atoms with E-state index in [1.165, 1.54) is 0 Å². The highest BCUT2D eigenvalue weighted by atomic mass is 16.5. The van der Waals surface area contributed by atoms with Crippen LogP contribution in [-0.4, -0.2) is 19.3 Å². The van der Waals surface area contributed by atoms with E-state index in [9.17, 15) is 0 Å². The SMILES string of the molecule is [C-]#[N+]C1CCOCC1(C)C. The van der Waals surface area contributed by atoms with Gasteiger partial charge in [-0.2, -0.15) is 0 Å². The largest absolute Gasteiger partial charge is 0.380 e. The Labute approximate surface area is 62.0 Å². The Kier molecular flexibility index (Phi) is 1.96. The summed E-state index contributed by atoms with van der Waals surface area (Å²) >= 11 is 0. The fourth-order valence-electron chi connectivity index (χ4n) is 1.26. The van der Waals surface area contributed by atoms with Crippen LogP contribution in [0.4, 0.5) is 0 Å². The van der Waals surface area contributed by atoms with Crippen LogP contribution in [0.15, 0.2) is 0 Å². The summed E-state index contributed by atoms with van der Waals surface area (Å²) in [5.74, 6) is 0. The molecular formula is C8H13NO. The average Bonchev–Trinajstić information content (AvgIpc) is 1.87. The van der Waals surface area contributed by atoms with E-state index in [0.717, 1.165) is 19.6 Å². The van der Waals surface area contributed by atoms with Crippen molar-refractivity contribution in [1.29, 1.82) is 0 Å². The number of nitrogens with zero attached hydrogens (tertiary/aromatic N) is 1. The van der Waals surface area contributed by atoms with E-state index in [-0.39, 0.29) is 11.5 Å². The minimum Gasteiger partial charge on any atom is -0.380 e. The highest BCUT2D eigenvalue weighted by molar-refractivity contribution is 4.94. The van der Waals surface area contributed by atoms with Gasteiger partial charge in [-0.15, -0.1) is 0 Å². The lowest BCUT2D eigenvalue weighted by Crippen LogP contribution is -2.37. The van der Waals surface area contributed by atoms with Gasteiger partial charge in [0.1, 0.15) is 0 Å². The molecule has 2 heteroatoms. The lowest BCUT2D eigenvalue weighted by Gasteiger charge is -2.29. The molecule has 1 rings (SSSR count). The average molecular weight is 139 g/mol. The molecule has 0 N–H and O–H groups in total. The molecule has 10 heavy (non-hydrogen) atoms. The molecule has 1 heterocycles. The van der Waals surface area contributed by atoms with Crippen molar-refractivity contribution >= 4 is 0 Å². The monoisotopic (exact) mass is 139 g/mol. The molecule has 1 unspecified atom stereocenters. The maximum Gasteiger partial charge on any atom is 0.233 e. The maximum absolute atomic E-state index is 6.92. The van der Waals surface area contributed by atoms with E-state index in [0.29, 0.717) is 0 Å². The lowest BCUT2D eigenvalue weighted by molar-refractivity contribution is 0.00759. The summed E-state index contributed by atoms with van der Waals surface area (Å²) in [4.78, 5) is 3.57. The molecule has 56 valence electrons. The normalized spacial score (nSPS) is 31.1. The summed E-state index contributed by atoms with van der Waals surface area (Å²) in [6, 6.07) is 0.168. The molecule has 1 aliphatic heterocycles. The smallest absolute Gasteiger partial charge is 0.233 e. The van der Waals surface area contributed by atoms with Crippen LogP contribution in [0.2, 0.25) is 0 Å². The highest BCUT2D eigenvalue weighted by Crippen LogP contribution is 2.29. The Hall–Kier alpha value is -0.550. The number of rotatable bonds is 0. The molecular weight excluding hydrogens is 126 g/mol. The quantitative estimate of drug-likeness (QED) is 0.466. The zero-order valence-corrected chi connectivity index (χ0v) is 6.55. The van der Waals surface area contributed by atoms with Gasteiger partial charge in [0.15, 0.2) is 0 Å². The van der Waals surface area contributed by atoms with Gasteiger partial charge in [0.05, 0.1) is 18.6 Å². The first kappa shape index (κ1) is 7.56. The van der Waals surface area contributed by atoms with Crippen LogP contribution < -0.4 is 0 Å². The van der Waals surface area contributed by atoms with E-state index >= 15 is 0 Å². The summed E-state index contributed by atoms with van der Waals surface area (Å²) < 4.78 is 5.27. The Bertz CT molecular complexity index is 157. The maximum atomic E-state index is 6.92. The zero-order chi connectivity index (χ0) is 7.61. The van der Waals surface area contributed by atoms with Crippen molar-refractivity contribution < 1.29 is 4.74 Å². The van der Waals surface area contributed by atoms with E-state index < -0.39 is 0 Å². The van der Waals surface area contributed by atoms with Gasteiger partial charge in [0, 0.05) is 6.42 Å². The van der Waals surface area contributed by atoms with Gasteiger partial charge < -0.3 is 9.58 Å². The minimum absolute atomic E-state index is 0.0694. The molecule has 0 radical (unpaired) electrons. The first-order valence-corrected chi connectivity index (χ1v) is 3.61. The van der Waals surface area contributed by atoms with Crippen LogP contribution >= 0.6 is 0 Å². The first-order valence-electron chi connectivity index (χ1n) is 3.61. The van der Waals surface area contributed by atoms with Gasteiger partial charge in [-0.25, -0.2) is 6.57 Å². The minimum atomic E-state index is 0.0694. The molecule has 0 amide bonds. The predicted molar refractivity (Wildman–Crippen MR) is 39.6 cm³/mol. The van der Waals surface area contributed by atoms with Gasteiger partial charge in [-0.05, 0) is 0 Å². The van der Waals surface area contributed by atoms with E-state index in [1.54, 1.807) is 0 Å². The standard InChI is InChI=1S/C8H13NO/c1-8(2)6-10-5-4-7(8)9-3/h7H,4-6H2,1-2H3. The predicted octanol–water partition coefficient (Wildman–Crippen LogP) is 1.72. The second kappa shape index (κ2) is 2.59. The summed E-state index contributed by atoms with van der Waals surface area (Å²) in [5.41, 5.74) is 0.0694. The van der Waals surface area contributed by atoms with E-state index in [2.05, 4.69) is 18.7 Å². The second-order valence-electron chi connectivity index (χ2n) is 3.47. The fourth-order valence-corrected chi connectivity index (χ4v) is 1.26. The summed E-state index contributed by atoms with van der Waals surface area (Å²) in [6.45, 7) is 12.6. The van der Waals surface area contributed by atoms with Crippen LogP contribution in [-0.2, 0) is 4.74 Å². The number of hydrogen-bond donors (Lipinski definition) is 0. The molecule has 0 bridgehead atoms. The van der Waals surface area contributed by atoms with Crippen LogP contribution in [0.5, 0.6) is 0 Å². The van der Waals surface area contributed by atoms with Crippen molar-refractivity contribution in [1.82, 2.24) is 0 Å². The molecule has 1 saturated heterocycles. The first-order chi connectivity index (χ1) is 4.67. The third kappa shape index (κ3) is 1.30. The van der Waals surface area contributed by atoms with Gasteiger partial charge in [-0.3, -0.25) is 0 Å². The van der Waals surface area contributed by atoms with Crippen LogP contribution in [0.1, 0.15) is 20.3 Å². The Morgan fingerprint density at radius 1 is 1.60 bits per heavy atom. The lowest BCUT2D eigenvalue weighted by atomic mass is 9.82. The Balaban J connectivity index is 2.62. The van der Waals surface area contributed by atoms with Crippen LogP contribution in [0.3, 0.4) is 0 Å². The molecule has 1 fully saturated rings. The fraction of sp³-hybridized carbons (Fsp3) is 0.875. The molecule has 1 aliphatic rings. The van der Waals surface area contributed by atoms with Gasteiger partial charge in [0.2, 0.25) is 6.04 Å². The summed E-state index contributed by atoms with van der Waals surface area (Å²) in [5, 5.41) is 0. The Morgan fingerprint density at radius 2 is 2.30 bits per heavy atom. The van der Waals surface area contributed by atoms with Crippen molar-refractivity contribution in [2.45, 2.75) is 26.3 Å². The van der Waals surface area contributed by atoms with Crippen molar-refractivity contribution in [2.75, 3.05) is 13.2 Å². The van der Waals surface area contributed by atoms with Gasteiger partial charge >= 0.3 is 0 Å². The molecule has 0 aromatic heterocycles.